The third kappa shape index (κ3) is 48.1. The molecule has 0 radical (unpaired) electrons. The van der Waals surface area contributed by atoms with Crippen LogP contribution in [-0.2, 0) is 27.9 Å². The van der Waals surface area contributed by atoms with Gasteiger partial charge in [0.25, 0.3) is 0 Å². The molecule has 0 aliphatic carbocycles. The summed E-state index contributed by atoms with van der Waals surface area (Å²) in [6.45, 7) is 5.66. The maximum absolute atomic E-state index is 12.7. The quantitative estimate of drug-likeness (QED) is 0.0214. The summed E-state index contributed by atoms with van der Waals surface area (Å²) >= 11 is 0. The van der Waals surface area contributed by atoms with Gasteiger partial charge in [-0.25, -0.2) is 4.57 Å². The Hall–Kier alpha value is -0.760. The molecule has 1 N–H and O–H groups in total. The summed E-state index contributed by atoms with van der Waals surface area (Å²) in [4.78, 5) is 22.9. The molecule has 0 aliphatic heterocycles. The summed E-state index contributed by atoms with van der Waals surface area (Å²) in [5.41, 5.74) is 0. The molecule has 9 heteroatoms. The van der Waals surface area contributed by atoms with Crippen molar-refractivity contribution in [1.29, 1.82) is 0 Å². The number of nitrogens with zero attached hydrogens (tertiary/aromatic N) is 1. The van der Waals surface area contributed by atoms with E-state index in [2.05, 4.69) is 26.0 Å². The Morgan fingerprint density at radius 2 is 0.881 bits per heavy atom. The van der Waals surface area contributed by atoms with Crippen LogP contribution in [0.5, 0.6) is 0 Å². The zero-order valence-corrected chi connectivity index (χ0v) is 40.9. The molecule has 2 atom stereocenters. The van der Waals surface area contributed by atoms with Gasteiger partial charge in [-0.1, -0.05) is 212 Å². The summed E-state index contributed by atoms with van der Waals surface area (Å²) in [5.74, 6) is -0.317. The minimum absolute atomic E-state index is 0.0905. The summed E-state index contributed by atoms with van der Waals surface area (Å²) in [5, 5.41) is 0. The Morgan fingerprint density at radius 1 is 0.508 bits per heavy atom. The number of phosphoric acid groups is 1. The third-order valence-corrected chi connectivity index (χ3v) is 12.3. The van der Waals surface area contributed by atoms with Crippen LogP contribution in [0.2, 0.25) is 0 Å². The van der Waals surface area contributed by atoms with Crippen LogP contribution in [0, 0.1) is 0 Å². The molecule has 0 aromatic carbocycles. The second kappa shape index (κ2) is 43.9. The fourth-order valence-electron chi connectivity index (χ4n) is 7.37. The van der Waals surface area contributed by atoms with Gasteiger partial charge in [0.1, 0.15) is 19.3 Å². The number of hydrogen-bond donors (Lipinski definition) is 1. The number of esters is 1. The summed E-state index contributed by atoms with van der Waals surface area (Å²) < 4.78 is 35.1. The van der Waals surface area contributed by atoms with E-state index >= 15 is 0 Å². The minimum atomic E-state index is -4.27. The van der Waals surface area contributed by atoms with Gasteiger partial charge in [0.05, 0.1) is 34.4 Å². The maximum Gasteiger partial charge on any atom is 0.472 e. The first-order valence-electron chi connectivity index (χ1n) is 25.4. The predicted octanol–water partition coefficient (Wildman–Crippen LogP) is 15.4. The van der Waals surface area contributed by atoms with Crippen LogP contribution >= 0.6 is 7.82 Å². The number of likely N-dealkylation sites (N-methyl/N-ethyl adjacent to an activating group) is 1. The number of unbranched alkanes of at least 4 members (excludes halogenated alkanes) is 32. The van der Waals surface area contributed by atoms with Crippen molar-refractivity contribution in [3.05, 3.63) is 12.2 Å². The molecule has 0 amide bonds. The molecular formula is C50H101NO7P+. The fraction of sp³-hybridized carbons (Fsp3) is 0.940. The smallest absolute Gasteiger partial charge is 0.457 e. The third-order valence-electron chi connectivity index (χ3n) is 11.3. The number of hydrogen-bond acceptors (Lipinski definition) is 6. The van der Waals surface area contributed by atoms with Gasteiger partial charge in [-0.05, 0) is 38.5 Å². The molecular weight excluding hydrogens is 758 g/mol. The highest BCUT2D eigenvalue weighted by Crippen LogP contribution is 2.43. The lowest BCUT2D eigenvalue weighted by Gasteiger charge is -2.24. The lowest BCUT2D eigenvalue weighted by molar-refractivity contribution is -0.870. The second-order valence-electron chi connectivity index (χ2n) is 18.6. The number of allylic oxidation sites excluding steroid dienone is 2. The van der Waals surface area contributed by atoms with Crippen molar-refractivity contribution < 1.29 is 37.3 Å². The second-order valence-corrected chi connectivity index (χ2v) is 20.0. The molecule has 2 unspecified atom stereocenters. The molecule has 0 rings (SSSR count). The van der Waals surface area contributed by atoms with Crippen LogP contribution < -0.4 is 0 Å². The van der Waals surface area contributed by atoms with Crippen LogP contribution in [0.25, 0.3) is 0 Å². The van der Waals surface area contributed by atoms with E-state index in [4.69, 9.17) is 18.5 Å². The van der Waals surface area contributed by atoms with E-state index in [1.165, 1.54) is 186 Å². The fourth-order valence-corrected chi connectivity index (χ4v) is 8.11. The Morgan fingerprint density at radius 3 is 1.29 bits per heavy atom. The zero-order chi connectivity index (χ0) is 43.4. The molecule has 0 heterocycles. The molecule has 0 saturated carbocycles. The van der Waals surface area contributed by atoms with Crippen molar-refractivity contribution in [3.63, 3.8) is 0 Å². The average molecular weight is 859 g/mol. The molecule has 0 spiro atoms. The maximum atomic E-state index is 12.7. The normalized spacial score (nSPS) is 13.7. The van der Waals surface area contributed by atoms with Crippen LogP contribution in [0.4, 0.5) is 0 Å². The van der Waals surface area contributed by atoms with Gasteiger partial charge in [-0.2, -0.15) is 0 Å². The number of quaternary nitrogens is 1. The topological polar surface area (TPSA) is 91.3 Å². The first-order chi connectivity index (χ1) is 28.6. The van der Waals surface area contributed by atoms with E-state index in [0.29, 0.717) is 24.1 Å². The van der Waals surface area contributed by atoms with E-state index in [-0.39, 0.29) is 25.8 Å². The Labute approximate surface area is 367 Å². The molecule has 0 aliphatic rings. The highest BCUT2D eigenvalue weighted by Gasteiger charge is 2.26. The minimum Gasteiger partial charge on any atom is -0.457 e. The molecule has 0 saturated heterocycles. The first-order valence-corrected chi connectivity index (χ1v) is 26.9. The Bertz CT molecular complexity index is 956. The van der Waals surface area contributed by atoms with Crippen molar-refractivity contribution in [2.24, 2.45) is 0 Å². The van der Waals surface area contributed by atoms with E-state index in [1.54, 1.807) is 0 Å². The number of carbonyl (C=O) groups excluding carboxylic acids is 1. The van der Waals surface area contributed by atoms with Crippen LogP contribution in [0.15, 0.2) is 12.2 Å². The van der Waals surface area contributed by atoms with Gasteiger partial charge in [0.2, 0.25) is 0 Å². The summed E-state index contributed by atoms with van der Waals surface area (Å²) in [6, 6.07) is 0. The number of phosphoric ester groups is 1. The van der Waals surface area contributed by atoms with Gasteiger partial charge in [0.15, 0.2) is 0 Å². The van der Waals surface area contributed by atoms with Crippen LogP contribution in [0.1, 0.15) is 245 Å². The van der Waals surface area contributed by atoms with Gasteiger partial charge in [0, 0.05) is 13.0 Å². The van der Waals surface area contributed by atoms with E-state index in [9.17, 15) is 14.3 Å². The van der Waals surface area contributed by atoms with E-state index in [0.717, 1.165) is 38.5 Å². The Balaban J connectivity index is 4.08. The molecule has 0 fully saturated rings. The van der Waals surface area contributed by atoms with E-state index < -0.39 is 13.9 Å². The monoisotopic (exact) mass is 859 g/mol. The molecule has 8 nitrogen and oxygen atoms in total. The standard InChI is InChI=1S/C50H100NO7P/c1-6-8-10-12-14-16-18-20-22-23-24-25-26-27-28-30-32-34-36-38-40-42-45-55-47-49(48-57-59(53,54)56-46-44-51(3,4)5)58-50(52)43-41-39-37-35-33-31-29-21-19-17-15-13-11-9-7-2/h21,29,49H,6-20,22-28,30-48H2,1-5H3/p+1/b29-21-. The van der Waals surface area contributed by atoms with Gasteiger partial charge in [-0.3, -0.25) is 13.8 Å². The highest BCUT2D eigenvalue weighted by atomic mass is 31.2. The van der Waals surface area contributed by atoms with Crippen molar-refractivity contribution in [3.8, 4) is 0 Å². The highest BCUT2D eigenvalue weighted by molar-refractivity contribution is 7.47. The number of rotatable bonds is 48. The number of carbonyl (C=O) groups is 1. The molecule has 352 valence electrons. The average Bonchev–Trinajstić information content (AvgIpc) is 3.19. The molecule has 0 aromatic rings. The van der Waals surface area contributed by atoms with Crippen molar-refractivity contribution in [1.82, 2.24) is 0 Å². The van der Waals surface area contributed by atoms with Crippen molar-refractivity contribution in [2.75, 3.05) is 54.1 Å². The predicted molar refractivity (Wildman–Crippen MR) is 252 cm³/mol. The molecule has 59 heavy (non-hydrogen) atoms. The number of ether oxygens (including phenoxy) is 2. The summed E-state index contributed by atoms with van der Waals surface area (Å²) in [6.07, 6.45) is 49.7. The van der Waals surface area contributed by atoms with Gasteiger partial charge < -0.3 is 18.9 Å². The van der Waals surface area contributed by atoms with Crippen LogP contribution in [-0.4, -0.2) is 75.6 Å². The van der Waals surface area contributed by atoms with E-state index in [1.807, 2.05) is 21.1 Å². The zero-order valence-electron chi connectivity index (χ0n) is 40.0. The Kier molecular flexibility index (Phi) is 43.3. The lowest BCUT2D eigenvalue weighted by atomic mass is 10.0. The molecule has 0 aromatic heterocycles. The van der Waals surface area contributed by atoms with Crippen LogP contribution in [0.3, 0.4) is 0 Å². The van der Waals surface area contributed by atoms with Gasteiger partial charge >= 0.3 is 13.8 Å². The summed E-state index contributed by atoms with van der Waals surface area (Å²) in [7, 11) is 1.68. The SMILES string of the molecule is CCCCCCCC/C=C\CCCCCCCC(=O)OC(COCCCCCCCCCCCCCCCCCCCCCCCC)COP(=O)(O)OCC[N+](C)(C)C. The van der Waals surface area contributed by atoms with Gasteiger partial charge in [-0.15, -0.1) is 0 Å². The first kappa shape index (κ1) is 58.2. The lowest BCUT2D eigenvalue weighted by Crippen LogP contribution is -2.37. The largest absolute Gasteiger partial charge is 0.472 e. The van der Waals surface area contributed by atoms with Crippen molar-refractivity contribution >= 4 is 13.8 Å². The molecule has 0 bridgehead atoms. The van der Waals surface area contributed by atoms with Crippen molar-refractivity contribution in [2.45, 2.75) is 251 Å².